The van der Waals surface area contributed by atoms with E-state index in [1.165, 1.54) is 12.8 Å². The van der Waals surface area contributed by atoms with Gasteiger partial charge in [0.15, 0.2) is 0 Å². The van der Waals surface area contributed by atoms with Gasteiger partial charge in [-0.25, -0.2) is 0 Å². The number of nitrogens with one attached hydrogen (secondary N) is 1. The summed E-state index contributed by atoms with van der Waals surface area (Å²) in [6.07, 6.45) is 2.59. The van der Waals surface area contributed by atoms with Crippen molar-refractivity contribution < 1.29 is 4.79 Å². The van der Waals surface area contributed by atoms with E-state index in [0.29, 0.717) is 12.6 Å². The highest BCUT2D eigenvalue weighted by atomic mass is 16.2. The molecule has 0 aromatic heterocycles. The smallest absolute Gasteiger partial charge is 0.237 e. The van der Waals surface area contributed by atoms with Gasteiger partial charge in [0.05, 0.1) is 13.2 Å². The van der Waals surface area contributed by atoms with Crippen LogP contribution in [0.25, 0.3) is 0 Å². The second-order valence-corrected chi connectivity index (χ2v) is 5.60. The fourth-order valence-corrected chi connectivity index (χ4v) is 2.57. The van der Waals surface area contributed by atoms with Gasteiger partial charge in [-0.3, -0.25) is 10.1 Å². The lowest BCUT2D eigenvalue weighted by atomic mass is 9.82. The van der Waals surface area contributed by atoms with E-state index in [2.05, 4.69) is 26.1 Å². The Morgan fingerprint density at radius 2 is 2.07 bits per heavy atom. The van der Waals surface area contributed by atoms with Gasteiger partial charge >= 0.3 is 0 Å². The van der Waals surface area contributed by atoms with Crippen LogP contribution in [0.2, 0.25) is 0 Å². The Morgan fingerprint density at radius 3 is 2.43 bits per heavy atom. The lowest BCUT2D eigenvalue weighted by molar-refractivity contribution is -0.131. The summed E-state index contributed by atoms with van der Waals surface area (Å²) < 4.78 is 0. The van der Waals surface area contributed by atoms with E-state index >= 15 is 0 Å². The van der Waals surface area contributed by atoms with Crippen molar-refractivity contribution in [3.8, 4) is 0 Å². The summed E-state index contributed by atoms with van der Waals surface area (Å²) in [5.74, 6) is 1.02. The summed E-state index contributed by atoms with van der Waals surface area (Å²) in [6, 6.07) is 0.435. The van der Waals surface area contributed by atoms with E-state index in [0.717, 1.165) is 12.6 Å². The molecule has 1 saturated carbocycles. The third-order valence-corrected chi connectivity index (χ3v) is 3.17. The lowest BCUT2D eigenvalue weighted by Gasteiger charge is -2.38. The number of carbonyl (C=O) groups is 1. The van der Waals surface area contributed by atoms with Crippen LogP contribution >= 0.6 is 0 Å². The molecule has 1 aliphatic heterocycles. The minimum Gasteiger partial charge on any atom is -0.325 e. The minimum absolute atomic E-state index is 0.211. The molecule has 3 heteroatoms. The van der Waals surface area contributed by atoms with E-state index in [4.69, 9.17) is 0 Å². The van der Waals surface area contributed by atoms with Gasteiger partial charge in [-0.05, 0) is 24.2 Å². The fraction of sp³-hybridized carbons (Fsp3) is 0.909. The first-order valence-electron chi connectivity index (χ1n) is 5.50. The molecule has 1 amide bonds. The van der Waals surface area contributed by atoms with Crippen molar-refractivity contribution in [2.45, 2.75) is 39.7 Å². The zero-order chi connectivity index (χ0) is 10.3. The predicted molar refractivity (Wildman–Crippen MR) is 55.7 cm³/mol. The topological polar surface area (TPSA) is 32.3 Å². The Kier molecular flexibility index (Phi) is 2.30. The molecule has 1 unspecified atom stereocenters. The van der Waals surface area contributed by atoms with Gasteiger partial charge in [-0.15, -0.1) is 0 Å². The standard InChI is InChI=1S/C11H20N2O/c1-11(2,3)10(8-4-5-8)13-7-12-6-9(13)14/h8,10,12H,4-7H2,1-3H3. The Labute approximate surface area is 85.8 Å². The molecule has 0 aromatic carbocycles. The second kappa shape index (κ2) is 3.23. The lowest BCUT2D eigenvalue weighted by Crippen LogP contribution is -2.47. The van der Waals surface area contributed by atoms with Crippen LogP contribution < -0.4 is 5.32 Å². The molecule has 1 N–H and O–H groups in total. The molecule has 2 aliphatic rings. The third-order valence-electron chi connectivity index (χ3n) is 3.17. The Balaban J connectivity index is 2.13. The molecule has 0 radical (unpaired) electrons. The van der Waals surface area contributed by atoms with Crippen molar-refractivity contribution in [3.63, 3.8) is 0 Å². The number of rotatable bonds is 2. The summed E-state index contributed by atoms with van der Waals surface area (Å²) in [7, 11) is 0. The number of nitrogens with zero attached hydrogens (tertiary/aromatic N) is 1. The van der Waals surface area contributed by atoms with Crippen LogP contribution in [0, 0.1) is 11.3 Å². The monoisotopic (exact) mass is 196 g/mol. The van der Waals surface area contributed by atoms with Crippen molar-refractivity contribution in [2.75, 3.05) is 13.2 Å². The molecular formula is C11H20N2O. The Hall–Kier alpha value is -0.570. The highest BCUT2D eigenvalue weighted by molar-refractivity contribution is 5.80. The van der Waals surface area contributed by atoms with E-state index in [9.17, 15) is 4.79 Å². The van der Waals surface area contributed by atoms with E-state index in [-0.39, 0.29) is 11.3 Å². The molecule has 1 atom stereocenters. The average molecular weight is 196 g/mol. The van der Waals surface area contributed by atoms with Crippen molar-refractivity contribution in [3.05, 3.63) is 0 Å². The zero-order valence-electron chi connectivity index (χ0n) is 9.34. The highest BCUT2D eigenvalue weighted by Crippen LogP contribution is 2.43. The molecule has 0 spiro atoms. The van der Waals surface area contributed by atoms with Crippen LogP contribution in [0.15, 0.2) is 0 Å². The maximum absolute atomic E-state index is 11.7. The van der Waals surface area contributed by atoms with Crippen molar-refractivity contribution in [2.24, 2.45) is 11.3 Å². The van der Waals surface area contributed by atoms with E-state index in [1.54, 1.807) is 0 Å². The van der Waals surface area contributed by atoms with Crippen molar-refractivity contribution >= 4 is 5.91 Å². The Morgan fingerprint density at radius 1 is 1.43 bits per heavy atom. The number of hydrogen-bond donors (Lipinski definition) is 1. The number of hydrogen-bond acceptors (Lipinski definition) is 2. The highest BCUT2D eigenvalue weighted by Gasteiger charge is 2.44. The molecular weight excluding hydrogens is 176 g/mol. The molecule has 1 heterocycles. The van der Waals surface area contributed by atoms with Crippen molar-refractivity contribution in [1.29, 1.82) is 0 Å². The summed E-state index contributed by atoms with van der Waals surface area (Å²) >= 11 is 0. The summed E-state index contributed by atoms with van der Waals surface area (Å²) in [5, 5.41) is 3.13. The SMILES string of the molecule is CC(C)(C)C(C1CC1)N1CNCC1=O. The van der Waals surface area contributed by atoms with Gasteiger partial charge in [0.25, 0.3) is 0 Å². The minimum atomic E-state index is 0.211. The van der Waals surface area contributed by atoms with E-state index in [1.807, 2.05) is 4.90 Å². The molecule has 1 aliphatic carbocycles. The second-order valence-electron chi connectivity index (χ2n) is 5.60. The Bertz CT molecular complexity index is 240. The molecule has 3 nitrogen and oxygen atoms in total. The largest absolute Gasteiger partial charge is 0.325 e. The molecule has 0 aromatic rings. The molecule has 2 fully saturated rings. The number of amides is 1. The summed E-state index contributed by atoms with van der Waals surface area (Å²) in [6.45, 7) is 7.99. The van der Waals surface area contributed by atoms with Crippen LogP contribution in [0.4, 0.5) is 0 Å². The number of carbonyl (C=O) groups excluding carboxylic acids is 1. The van der Waals surface area contributed by atoms with Crippen LogP contribution in [0.5, 0.6) is 0 Å². The molecule has 1 saturated heterocycles. The van der Waals surface area contributed by atoms with Crippen LogP contribution in [-0.4, -0.2) is 30.1 Å². The normalized spacial score (nSPS) is 25.6. The maximum atomic E-state index is 11.7. The quantitative estimate of drug-likeness (QED) is 0.719. The van der Waals surface area contributed by atoms with Gasteiger partial charge in [-0.2, -0.15) is 0 Å². The molecule has 2 rings (SSSR count). The van der Waals surface area contributed by atoms with E-state index < -0.39 is 0 Å². The predicted octanol–water partition coefficient (Wildman–Crippen LogP) is 1.20. The van der Waals surface area contributed by atoms with Gasteiger partial charge in [0.1, 0.15) is 0 Å². The van der Waals surface area contributed by atoms with Gasteiger partial charge in [-0.1, -0.05) is 20.8 Å². The van der Waals surface area contributed by atoms with Crippen LogP contribution in [0.1, 0.15) is 33.6 Å². The maximum Gasteiger partial charge on any atom is 0.237 e. The van der Waals surface area contributed by atoms with Crippen molar-refractivity contribution in [1.82, 2.24) is 10.2 Å². The third kappa shape index (κ3) is 1.78. The van der Waals surface area contributed by atoms with Gasteiger partial charge in [0, 0.05) is 6.04 Å². The average Bonchev–Trinajstić information content (AvgIpc) is 2.76. The first kappa shape index (κ1) is 9.97. The fourth-order valence-electron chi connectivity index (χ4n) is 2.57. The molecule has 80 valence electrons. The van der Waals surface area contributed by atoms with Gasteiger partial charge < -0.3 is 4.90 Å². The summed E-state index contributed by atoms with van der Waals surface area (Å²) in [5.41, 5.74) is 0.211. The summed E-state index contributed by atoms with van der Waals surface area (Å²) in [4.78, 5) is 13.7. The van der Waals surface area contributed by atoms with Crippen LogP contribution in [-0.2, 0) is 4.79 Å². The van der Waals surface area contributed by atoms with Crippen LogP contribution in [0.3, 0.4) is 0 Å². The van der Waals surface area contributed by atoms with Gasteiger partial charge in [0.2, 0.25) is 5.91 Å². The first-order valence-corrected chi connectivity index (χ1v) is 5.50. The molecule has 0 bridgehead atoms. The zero-order valence-corrected chi connectivity index (χ0v) is 9.34. The first-order chi connectivity index (χ1) is 6.50. The molecule has 14 heavy (non-hydrogen) atoms.